The van der Waals surface area contributed by atoms with Crippen molar-refractivity contribution in [1.82, 2.24) is 21.3 Å². The van der Waals surface area contributed by atoms with Gasteiger partial charge in [-0.3, -0.25) is 19.2 Å². The van der Waals surface area contributed by atoms with Crippen molar-refractivity contribution in [3.8, 4) is 5.75 Å². The molecule has 1 aliphatic heterocycles. The second-order valence-electron chi connectivity index (χ2n) is 10.2. The van der Waals surface area contributed by atoms with E-state index in [0.29, 0.717) is 37.2 Å². The fraction of sp³-hybridized carbons (Fsp3) is 0.467. The van der Waals surface area contributed by atoms with E-state index in [9.17, 15) is 19.2 Å². The van der Waals surface area contributed by atoms with Crippen LogP contribution in [-0.4, -0.2) is 55.4 Å². The lowest BCUT2D eigenvalue weighted by Gasteiger charge is -2.22. The van der Waals surface area contributed by atoms with Crippen LogP contribution in [0.25, 0.3) is 0 Å². The van der Waals surface area contributed by atoms with Crippen LogP contribution in [-0.2, 0) is 20.8 Å². The van der Waals surface area contributed by atoms with Crippen LogP contribution < -0.4 is 26.0 Å². The minimum absolute atomic E-state index is 0.0254. The Morgan fingerprint density at radius 2 is 1.77 bits per heavy atom. The molecular formula is C30H40N4O5. The molecule has 0 aromatic heterocycles. The molecule has 9 nitrogen and oxygen atoms in total. The largest absolute Gasteiger partial charge is 0.493 e. The molecule has 4 amide bonds. The van der Waals surface area contributed by atoms with Gasteiger partial charge in [0.15, 0.2) is 0 Å². The monoisotopic (exact) mass is 536 g/mol. The van der Waals surface area contributed by atoms with E-state index in [2.05, 4.69) is 21.3 Å². The highest BCUT2D eigenvalue weighted by molar-refractivity contribution is 5.99. The zero-order valence-electron chi connectivity index (χ0n) is 22.8. The summed E-state index contributed by atoms with van der Waals surface area (Å²) in [5, 5.41) is 11.4. The van der Waals surface area contributed by atoms with Crippen molar-refractivity contribution in [2.45, 2.75) is 64.5 Å². The van der Waals surface area contributed by atoms with E-state index in [0.717, 1.165) is 12.8 Å². The number of ether oxygens (including phenoxy) is 1. The predicted molar refractivity (Wildman–Crippen MR) is 149 cm³/mol. The van der Waals surface area contributed by atoms with Gasteiger partial charge in [0, 0.05) is 19.5 Å². The van der Waals surface area contributed by atoms with Crippen molar-refractivity contribution >= 4 is 23.6 Å². The Hall–Kier alpha value is -3.88. The number of para-hydroxylation sites is 1. The fourth-order valence-corrected chi connectivity index (χ4v) is 4.39. The summed E-state index contributed by atoms with van der Waals surface area (Å²) in [5.74, 6) is -0.812. The van der Waals surface area contributed by atoms with Crippen LogP contribution >= 0.6 is 0 Å². The molecule has 9 heteroatoms. The average Bonchev–Trinajstić information content (AvgIpc) is 2.92. The summed E-state index contributed by atoms with van der Waals surface area (Å²) in [7, 11) is 0. The summed E-state index contributed by atoms with van der Waals surface area (Å²) < 4.78 is 5.84. The number of carbonyl (C=O) groups excluding carboxylic acids is 4. The van der Waals surface area contributed by atoms with E-state index in [1.807, 2.05) is 44.2 Å². The van der Waals surface area contributed by atoms with Crippen molar-refractivity contribution in [3.05, 3.63) is 65.7 Å². The summed E-state index contributed by atoms with van der Waals surface area (Å²) in [6, 6.07) is 15.2. The predicted octanol–water partition coefficient (Wildman–Crippen LogP) is 2.74. The van der Waals surface area contributed by atoms with E-state index in [1.165, 1.54) is 5.56 Å². The third kappa shape index (κ3) is 10.1. The molecule has 0 fully saturated rings. The molecule has 0 saturated carbocycles. The minimum atomic E-state index is -0.932. The first-order valence-corrected chi connectivity index (χ1v) is 13.7. The zero-order valence-corrected chi connectivity index (χ0v) is 22.8. The maximum absolute atomic E-state index is 13.2. The number of nitrogens with one attached hydrogen (secondary N) is 4. The lowest BCUT2D eigenvalue weighted by molar-refractivity contribution is -0.129. The van der Waals surface area contributed by atoms with E-state index >= 15 is 0 Å². The molecule has 210 valence electrons. The van der Waals surface area contributed by atoms with Gasteiger partial charge < -0.3 is 26.0 Å². The lowest BCUT2D eigenvalue weighted by Crippen LogP contribution is -2.49. The maximum atomic E-state index is 13.2. The van der Waals surface area contributed by atoms with E-state index < -0.39 is 18.0 Å². The Balaban J connectivity index is 1.72. The Kier molecular flexibility index (Phi) is 11.8. The number of rotatable bonds is 7. The molecule has 0 aliphatic carbocycles. The zero-order chi connectivity index (χ0) is 28.0. The Labute approximate surface area is 230 Å². The molecule has 0 radical (unpaired) electrons. The Morgan fingerprint density at radius 3 is 2.54 bits per heavy atom. The smallest absolute Gasteiger partial charge is 0.255 e. The second kappa shape index (κ2) is 15.5. The highest BCUT2D eigenvalue weighted by Gasteiger charge is 2.26. The summed E-state index contributed by atoms with van der Waals surface area (Å²) in [6.45, 7) is 5.07. The molecule has 1 heterocycles. The highest BCUT2D eigenvalue weighted by atomic mass is 16.5. The highest BCUT2D eigenvalue weighted by Crippen LogP contribution is 2.19. The first-order valence-electron chi connectivity index (χ1n) is 13.7. The van der Waals surface area contributed by atoms with E-state index in [1.54, 1.807) is 24.3 Å². The molecule has 2 aromatic rings. The van der Waals surface area contributed by atoms with Gasteiger partial charge in [0.05, 0.1) is 12.2 Å². The number of amides is 4. The lowest BCUT2D eigenvalue weighted by atomic mass is 10.0. The average molecular weight is 537 g/mol. The molecule has 0 unspecified atom stereocenters. The third-order valence-corrected chi connectivity index (χ3v) is 6.43. The summed E-state index contributed by atoms with van der Waals surface area (Å²) in [6.07, 6.45) is 2.62. The van der Waals surface area contributed by atoms with Crippen LogP contribution in [0.2, 0.25) is 0 Å². The van der Waals surface area contributed by atoms with E-state index in [-0.39, 0.29) is 43.1 Å². The summed E-state index contributed by atoms with van der Waals surface area (Å²) in [4.78, 5) is 51.9. The molecule has 2 aromatic carbocycles. The number of hydrogen-bond acceptors (Lipinski definition) is 5. The SMILES string of the molecule is CC(C)C[C@@H]1NC(=O)CC[C@@H](C(=O)NCCCc2ccccc2)NC(=O)c2ccccc2OCCCNC1=O. The van der Waals surface area contributed by atoms with Crippen LogP contribution in [0.1, 0.15) is 61.9 Å². The maximum Gasteiger partial charge on any atom is 0.255 e. The third-order valence-electron chi connectivity index (χ3n) is 6.43. The van der Waals surface area contributed by atoms with Crippen LogP contribution in [0.4, 0.5) is 0 Å². The number of aryl methyl sites for hydroxylation is 1. The topological polar surface area (TPSA) is 126 Å². The molecule has 39 heavy (non-hydrogen) atoms. The summed E-state index contributed by atoms with van der Waals surface area (Å²) >= 11 is 0. The normalized spacial score (nSPS) is 19.2. The van der Waals surface area contributed by atoms with Crippen molar-refractivity contribution in [1.29, 1.82) is 0 Å². The van der Waals surface area contributed by atoms with Gasteiger partial charge >= 0.3 is 0 Å². The first kappa shape index (κ1) is 29.7. The molecular weight excluding hydrogens is 496 g/mol. The molecule has 1 aliphatic rings. The first-order chi connectivity index (χ1) is 18.8. The van der Waals surface area contributed by atoms with Gasteiger partial charge in [-0.05, 0) is 55.7 Å². The van der Waals surface area contributed by atoms with Crippen LogP contribution in [0, 0.1) is 5.92 Å². The minimum Gasteiger partial charge on any atom is -0.493 e. The van der Waals surface area contributed by atoms with Crippen LogP contribution in [0.5, 0.6) is 5.75 Å². The number of hydrogen-bond donors (Lipinski definition) is 4. The van der Waals surface area contributed by atoms with Gasteiger partial charge in [-0.15, -0.1) is 0 Å². The Bertz CT molecular complexity index is 1110. The molecule has 4 N–H and O–H groups in total. The molecule has 2 atom stereocenters. The number of fused-ring (bicyclic) bond motifs is 1. The van der Waals surface area contributed by atoms with Gasteiger partial charge in [-0.1, -0.05) is 56.3 Å². The van der Waals surface area contributed by atoms with Crippen molar-refractivity contribution in [2.24, 2.45) is 5.92 Å². The standard InChI is InChI=1S/C30H40N4O5/c1-21(2)20-25-30(38)32-18-9-19-39-26-14-7-6-13-23(26)28(36)34-24(15-16-27(35)33-25)29(37)31-17-8-12-22-10-4-3-5-11-22/h3-7,10-11,13-14,21,24-25H,8-9,12,15-20H2,1-2H3,(H,31,37)(H,32,38)(H,33,35)(H,34,36)/t24-,25-/m0/s1. The quantitative estimate of drug-likeness (QED) is 0.405. The molecule has 0 bridgehead atoms. The molecule has 0 spiro atoms. The van der Waals surface area contributed by atoms with E-state index in [4.69, 9.17) is 4.74 Å². The van der Waals surface area contributed by atoms with Crippen molar-refractivity contribution in [3.63, 3.8) is 0 Å². The number of carbonyl (C=O) groups is 4. The van der Waals surface area contributed by atoms with Crippen LogP contribution in [0.3, 0.4) is 0 Å². The molecule has 0 saturated heterocycles. The van der Waals surface area contributed by atoms with Crippen molar-refractivity contribution in [2.75, 3.05) is 19.7 Å². The number of benzene rings is 2. The second-order valence-corrected chi connectivity index (χ2v) is 10.2. The fourth-order valence-electron chi connectivity index (χ4n) is 4.39. The molecule has 3 rings (SSSR count). The Morgan fingerprint density at radius 1 is 1.03 bits per heavy atom. The summed E-state index contributed by atoms with van der Waals surface area (Å²) in [5.41, 5.74) is 1.48. The van der Waals surface area contributed by atoms with Gasteiger partial charge in [0.2, 0.25) is 17.7 Å². The van der Waals surface area contributed by atoms with Crippen LogP contribution in [0.15, 0.2) is 54.6 Å². The van der Waals surface area contributed by atoms with Gasteiger partial charge in [-0.2, -0.15) is 0 Å². The van der Waals surface area contributed by atoms with Gasteiger partial charge in [0.25, 0.3) is 5.91 Å². The van der Waals surface area contributed by atoms with Gasteiger partial charge in [-0.25, -0.2) is 0 Å². The van der Waals surface area contributed by atoms with Crippen molar-refractivity contribution < 1.29 is 23.9 Å². The van der Waals surface area contributed by atoms with Gasteiger partial charge in [0.1, 0.15) is 17.8 Å².